The first-order valence-electron chi connectivity index (χ1n) is 8.41. The van der Waals surface area contributed by atoms with Crippen molar-refractivity contribution in [1.82, 2.24) is 25.1 Å². The Morgan fingerprint density at radius 2 is 2.24 bits per heavy atom. The molecule has 9 heteroatoms. The van der Waals surface area contributed by atoms with Crippen molar-refractivity contribution in [1.29, 1.82) is 0 Å². The van der Waals surface area contributed by atoms with E-state index in [1.54, 1.807) is 13.0 Å². The van der Waals surface area contributed by atoms with E-state index < -0.39 is 4.92 Å². The molecule has 2 aromatic heterocycles. The van der Waals surface area contributed by atoms with Gasteiger partial charge in [0.2, 0.25) is 0 Å². The van der Waals surface area contributed by atoms with E-state index in [1.165, 1.54) is 18.0 Å². The number of nitrogens with one attached hydrogen (secondary N) is 1. The molecule has 0 aromatic carbocycles. The quantitative estimate of drug-likeness (QED) is 0.644. The monoisotopic (exact) mass is 362 g/mol. The SMILES string of the molecule is Cc1cc(Sc2nnc(C3CCCNC3)n2C(C)C)ncc1[N+](=O)[O-]. The molecule has 0 radical (unpaired) electrons. The van der Waals surface area contributed by atoms with Crippen molar-refractivity contribution in [3.05, 3.63) is 33.8 Å². The van der Waals surface area contributed by atoms with Crippen LogP contribution < -0.4 is 5.32 Å². The Bertz CT molecular complexity index is 770. The molecule has 1 saturated heterocycles. The van der Waals surface area contributed by atoms with Gasteiger partial charge in [-0.15, -0.1) is 10.2 Å². The minimum absolute atomic E-state index is 0.0312. The molecule has 1 atom stereocenters. The number of rotatable bonds is 5. The highest BCUT2D eigenvalue weighted by molar-refractivity contribution is 7.99. The fourth-order valence-electron chi connectivity index (χ4n) is 3.06. The number of piperidine rings is 1. The van der Waals surface area contributed by atoms with E-state index in [0.717, 1.165) is 36.9 Å². The fraction of sp³-hybridized carbons (Fsp3) is 0.562. The van der Waals surface area contributed by atoms with Gasteiger partial charge >= 0.3 is 0 Å². The highest BCUT2D eigenvalue weighted by Crippen LogP contribution is 2.33. The van der Waals surface area contributed by atoms with Gasteiger partial charge in [0, 0.05) is 24.1 Å². The van der Waals surface area contributed by atoms with Crippen LogP contribution in [0.25, 0.3) is 0 Å². The molecule has 0 bridgehead atoms. The first-order chi connectivity index (χ1) is 12.0. The molecule has 2 aromatic rings. The number of nitrogens with zero attached hydrogens (tertiary/aromatic N) is 5. The molecule has 25 heavy (non-hydrogen) atoms. The van der Waals surface area contributed by atoms with Crippen LogP contribution in [-0.2, 0) is 0 Å². The van der Waals surface area contributed by atoms with Gasteiger partial charge in [0.1, 0.15) is 17.0 Å². The summed E-state index contributed by atoms with van der Waals surface area (Å²) in [5.74, 6) is 1.37. The van der Waals surface area contributed by atoms with Crippen LogP contribution in [-0.4, -0.2) is 37.8 Å². The van der Waals surface area contributed by atoms with Crippen LogP contribution >= 0.6 is 11.8 Å². The van der Waals surface area contributed by atoms with Crippen LogP contribution in [0, 0.1) is 17.0 Å². The van der Waals surface area contributed by atoms with Gasteiger partial charge in [-0.2, -0.15) is 0 Å². The van der Waals surface area contributed by atoms with Crippen molar-refractivity contribution in [3.8, 4) is 0 Å². The largest absolute Gasteiger partial charge is 0.316 e. The van der Waals surface area contributed by atoms with E-state index in [4.69, 9.17) is 0 Å². The Hall–Kier alpha value is -2.00. The van der Waals surface area contributed by atoms with Gasteiger partial charge in [-0.1, -0.05) is 0 Å². The van der Waals surface area contributed by atoms with E-state index in [9.17, 15) is 10.1 Å². The molecule has 1 aliphatic heterocycles. The lowest BCUT2D eigenvalue weighted by molar-refractivity contribution is -0.385. The molecule has 8 nitrogen and oxygen atoms in total. The summed E-state index contributed by atoms with van der Waals surface area (Å²) in [6, 6.07) is 1.96. The molecule has 1 fully saturated rings. The Labute approximate surface area is 150 Å². The van der Waals surface area contributed by atoms with Crippen molar-refractivity contribution in [2.24, 2.45) is 0 Å². The molecule has 3 heterocycles. The standard InChI is InChI=1S/C16H22N6O2S/c1-10(2)21-15(12-5-4-6-17-8-12)19-20-16(21)25-14-7-11(3)13(9-18-14)22(23)24/h7,9-10,12,17H,4-6,8H2,1-3H3. The molecular formula is C16H22N6O2S. The number of pyridine rings is 1. The summed E-state index contributed by atoms with van der Waals surface area (Å²) in [7, 11) is 0. The smallest absolute Gasteiger partial charge is 0.290 e. The summed E-state index contributed by atoms with van der Waals surface area (Å²) in [6.45, 7) is 7.92. The molecule has 3 rings (SSSR count). The Kier molecular flexibility index (Phi) is 5.33. The van der Waals surface area contributed by atoms with Gasteiger partial charge in [0.15, 0.2) is 5.16 Å². The zero-order chi connectivity index (χ0) is 18.0. The predicted octanol–water partition coefficient (Wildman–Crippen LogP) is 3.09. The summed E-state index contributed by atoms with van der Waals surface area (Å²) < 4.78 is 2.15. The number of nitro groups is 1. The Morgan fingerprint density at radius 1 is 1.44 bits per heavy atom. The Morgan fingerprint density at radius 3 is 2.84 bits per heavy atom. The molecule has 0 amide bonds. The van der Waals surface area contributed by atoms with Gasteiger partial charge in [0.25, 0.3) is 5.69 Å². The van der Waals surface area contributed by atoms with Crippen LogP contribution in [0.2, 0.25) is 0 Å². The Balaban J connectivity index is 1.88. The third-order valence-corrected chi connectivity index (χ3v) is 5.21. The molecule has 134 valence electrons. The van der Waals surface area contributed by atoms with Crippen LogP contribution in [0.4, 0.5) is 5.69 Å². The van der Waals surface area contributed by atoms with E-state index in [1.807, 2.05) is 0 Å². The summed E-state index contributed by atoms with van der Waals surface area (Å²) in [6.07, 6.45) is 3.55. The number of aryl methyl sites for hydroxylation is 1. The second-order valence-corrected chi connectivity index (χ2v) is 7.50. The van der Waals surface area contributed by atoms with Crippen LogP contribution in [0.5, 0.6) is 0 Å². The molecular weight excluding hydrogens is 340 g/mol. The lowest BCUT2D eigenvalue weighted by atomic mass is 9.98. The molecule has 1 unspecified atom stereocenters. The van der Waals surface area contributed by atoms with Crippen LogP contribution in [0.15, 0.2) is 22.4 Å². The van der Waals surface area contributed by atoms with Gasteiger partial charge < -0.3 is 9.88 Å². The number of hydrogen-bond acceptors (Lipinski definition) is 7. The average molecular weight is 362 g/mol. The first kappa shape index (κ1) is 17.8. The molecule has 0 aliphatic carbocycles. The maximum absolute atomic E-state index is 10.9. The lowest BCUT2D eigenvalue weighted by Crippen LogP contribution is -2.30. The zero-order valence-electron chi connectivity index (χ0n) is 14.6. The predicted molar refractivity (Wildman–Crippen MR) is 95.0 cm³/mol. The molecule has 0 saturated carbocycles. The first-order valence-corrected chi connectivity index (χ1v) is 9.23. The van der Waals surface area contributed by atoms with Crippen molar-refractivity contribution in [3.63, 3.8) is 0 Å². The summed E-state index contributed by atoms with van der Waals surface area (Å²) >= 11 is 1.40. The molecule has 0 spiro atoms. The zero-order valence-corrected chi connectivity index (χ0v) is 15.4. The van der Waals surface area contributed by atoms with E-state index in [0.29, 0.717) is 16.5 Å². The summed E-state index contributed by atoms with van der Waals surface area (Å²) in [5, 5.41) is 24.6. The fourth-order valence-corrected chi connectivity index (χ4v) is 4.07. The number of hydrogen-bond donors (Lipinski definition) is 1. The second-order valence-electron chi connectivity index (χ2n) is 6.52. The third kappa shape index (κ3) is 3.82. The second kappa shape index (κ2) is 7.49. The lowest BCUT2D eigenvalue weighted by Gasteiger charge is -2.24. The van der Waals surface area contributed by atoms with Crippen LogP contribution in [0.3, 0.4) is 0 Å². The minimum atomic E-state index is -0.415. The third-order valence-electron chi connectivity index (χ3n) is 4.32. The highest BCUT2D eigenvalue weighted by atomic mass is 32.2. The highest BCUT2D eigenvalue weighted by Gasteiger charge is 2.25. The summed E-state index contributed by atoms with van der Waals surface area (Å²) in [5.41, 5.74) is 0.624. The normalized spacial score (nSPS) is 17.8. The van der Waals surface area contributed by atoms with Gasteiger partial charge in [-0.05, 0) is 58.0 Å². The minimum Gasteiger partial charge on any atom is -0.316 e. The van der Waals surface area contributed by atoms with E-state index >= 15 is 0 Å². The topological polar surface area (TPSA) is 98.8 Å². The maximum Gasteiger partial charge on any atom is 0.290 e. The van der Waals surface area contributed by atoms with Gasteiger partial charge in [-0.25, -0.2) is 4.98 Å². The van der Waals surface area contributed by atoms with Crippen LogP contribution in [0.1, 0.15) is 50.0 Å². The van der Waals surface area contributed by atoms with Gasteiger partial charge in [0.05, 0.1) is 4.92 Å². The van der Waals surface area contributed by atoms with Gasteiger partial charge in [-0.3, -0.25) is 10.1 Å². The van der Waals surface area contributed by atoms with Crippen molar-refractivity contribution in [2.75, 3.05) is 13.1 Å². The summed E-state index contributed by atoms with van der Waals surface area (Å²) in [4.78, 5) is 14.7. The van der Waals surface area contributed by atoms with Crippen molar-refractivity contribution >= 4 is 17.4 Å². The number of aromatic nitrogens is 4. The molecule has 1 aliphatic rings. The van der Waals surface area contributed by atoms with Crippen molar-refractivity contribution < 1.29 is 4.92 Å². The van der Waals surface area contributed by atoms with E-state index in [-0.39, 0.29) is 11.7 Å². The van der Waals surface area contributed by atoms with E-state index in [2.05, 4.69) is 38.9 Å². The van der Waals surface area contributed by atoms with Crippen molar-refractivity contribution in [2.45, 2.75) is 55.8 Å². The molecule has 1 N–H and O–H groups in total. The maximum atomic E-state index is 10.9. The average Bonchev–Trinajstić information content (AvgIpc) is 2.99.